The second kappa shape index (κ2) is 5.81. The van der Waals surface area contributed by atoms with Gasteiger partial charge in [-0.1, -0.05) is 0 Å². The lowest BCUT2D eigenvalue weighted by Gasteiger charge is -2.22. The number of nitrogens with one attached hydrogen (secondary N) is 1. The smallest absolute Gasteiger partial charge is 0.378 e. The predicted molar refractivity (Wildman–Crippen MR) is 66.6 cm³/mol. The van der Waals surface area contributed by atoms with Crippen LogP contribution in [0.15, 0.2) is 6.33 Å². The largest absolute Gasteiger partial charge is 0.406 e. The molecule has 0 bridgehead atoms. The van der Waals surface area contributed by atoms with E-state index < -0.39 is 4.92 Å². The maximum absolute atomic E-state index is 10.8. The van der Waals surface area contributed by atoms with Crippen LogP contribution in [0.1, 0.15) is 25.7 Å². The number of hydrogen-bond donors (Lipinski definition) is 1. The Kier molecular flexibility index (Phi) is 4.14. The molecule has 0 saturated carbocycles. The van der Waals surface area contributed by atoms with Crippen molar-refractivity contribution in [2.24, 2.45) is 7.05 Å². The lowest BCUT2D eigenvalue weighted by molar-refractivity contribution is -0.388. The van der Waals surface area contributed by atoms with Crippen LogP contribution in [0.25, 0.3) is 0 Å². The van der Waals surface area contributed by atoms with Crippen molar-refractivity contribution in [2.45, 2.75) is 31.8 Å². The van der Waals surface area contributed by atoms with Crippen molar-refractivity contribution >= 4 is 11.6 Å². The summed E-state index contributed by atoms with van der Waals surface area (Å²) < 4.78 is 7.23. The van der Waals surface area contributed by atoms with Crippen molar-refractivity contribution in [2.75, 3.05) is 18.5 Å². The van der Waals surface area contributed by atoms with E-state index >= 15 is 0 Å². The summed E-state index contributed by atoms with van der Waals surface area (Å²) in [6.07, 6.45) is 6.00. The maximum atomic E-state index is 10.8. The fourth-order valence-electron chi connectivity index (χ4n) is 2.14. The Hall–Kier alpha value is -1.63. The summed E-state index contributed by atoms with van der Waals surface area (Å²) in [5.41, 5.74) is 0. The number of rotatable bonds is 5. The number of hydrogen-bond acceptors (Lipinski definition) is 5. The number of nitrogens with zero attached hydrogens (tertiary/aromatic N) is 3. The van der Waals surface area contributed by atoms with E-state index in [4.69, 9.17) is 4.74 Å². The molecule has 0 aromatic carbocycles. The molecule has 100 valence electrons. The number of ether oxygens (including phenoxy) is 1. The summed E-state index contributed by atoms with van der Waals surface area (Å²) in [6, 6.07) is 0. The summed E-state index contributed by atoms with van der Waals surface area (Å²) >= 11 is 0. The average Bonchev–Trinajstić information content (AvgIpc) is 2.73. The van der Waals surface area contributed by atoms with Crippen molar-refractivity contribution in [3.63, 3.8) is 0 Å². The topological polar surface area (TPSA) is 82.2 Å². The molecule has 1 saturated heterocycles. The van der Waals surface area contributed by atoms with Crippen LogP contribution >= 0.6 is 0 Å². The van der Waals surface area contributed by atoms with Gasteiger partial charge in [-0.2, -0.15) is 0 Å². The van der Waals surface area contributed by atoms with Crippen molar-refractivity contribution in [3.05, 3.63) is 16.4 Å². The quantitative estimate of drug-likeness (QED) is 0.638. The second-order valence-electron chi connectivity index (χ2n) is 4.49. The van der Waals surface area contributed by atoms with Crippen LogP contribution in [0, 0.1) is 10.1 Å². The molecular formula is C11H18N4O3. The van der Waals surface area contributed by atoms with Crippen LogP contribution in [0.4, 0.5) is 11.6 Å². The Labute approximate surface area is 105 Å². The normalized spacial score (nSPS) is 19.7. The fraction of sp³-hybridized carbons (Fsp3) is 0.727. The van der Waals surface area contributed by atoms with Crippen LogP contribution in [0.3, 0.4) is 0 Å². The van der Waals surface area contributed by atoms with Gasteiger partial charge >= 0.3 is 5.82 Å². The van der Waals surface area contributed by atoms with Crippen molar-refractivity contribution in [1.29, 1.82) is 0 Å². The van der Waals surface area contributed by atoms with E-state index in [1.165, 1.54) is 12.7 Å². The van der Waals surface area contributed by atoms with Gasteiger partial charge in [0, 0.05) is 20.2 Å². The molecule has 1 aliphatic heterocycles. The number of aromatic nitrogens is 2. The van der Waals surface area contributed by atoms with Gasteiger partial charge in [0.15, 0.2) is 0 Å². The van der Waals surface area contributed by atoms with Gasteiger partial charge in [0.2, 0.25) is 12.1 Å². The Morgan fingerprint density at radius 3 is 3.17 bits per heavy atom. The maximum Gasteiger partial charge on any atom is 0.406 e. The van der Waals surface area contributed by atoms with Crippen LogP contribution in [0.2, 0.25) is 0 Å². The Balaban J connectivity index is 1.85. The fourth-order valence-corrected chi connectivity index (χ4v) is 2.14. The first-order valence-corrected chi connectivity index (χ1v) is 6.19. The van der Waals surface area contributed by atoms with Gasteiger partial charge in [-0.3, -0.25) is 4.57 Å². The van der Waals surface area contributed by atoms with Crippen molar-refractivity contribution < 1.29 is 9.66 Å². The molecule has 1 N–H and O–H groups in total. The minimum absolute atomic E-state index is 0.123. The summed E-state index contributed by atoms with van der Waals surface area (Å²) in [5.74, 6) is 0.331. The molecule has 2 rings (SSSR count). The summed E-state index contributed by atoms with van der Waals surface area (Å²) in [4.78, 5) is 14.0. The summed E-state index contributed by atoms with van der Waals surface area (Å²) in [5, 5.41) is 13.8. The predicted octanol–water partition coefficient (Wildman–Crippen LogP) is 1.70. The number of anilines is 1. The van der Waals surface area contributed by atoms with Crippen molar-refractivity contribution in [1.82, 2.24) is 9.55 Å². The van der Waals surface area contributed by atoms with Crippen LogP contribution in [0.5, 0.6) is 0 Å². The molecule has 1 aromatic heterocycles. The van der Waals surface area contributed by atoms with Crippen LogP contribution in [-0.2, 0) is 11.8 Å². The summed E-state index contributed by atoms with van der Waals surface area (Å²) in [6.45, 7) is 1.49. The first kappa shape index (κ1) is 12.8. The van der Waals surface area contributed by atoms with E-state index in [1.807, 2.05) is 0 Å². The SMILES string of the molecule is Cn1cnc([N+](=O)[O-])c1NCCC1CCCCO1. The molecule has 7 heteroatoms. The number of imidazole rings is 1. The number of aryl methyl sites for hydroxylation is 1. The summed E-state index contributed by atoms with van der Waals surface area (Å²) in [7, 11) is 1.74. The minimum atomic E-state index is -0.473. The lowest BCUT2D eigenvalue weighted by atomic mass is 10.1. The van der Waals surface area contributed by atoms with Gasteiger partial charge in [-0.05, 0) is 35.6 Å². The zero-order valence-corrected chi connectivity index (χ0v) is 10.5. The molecule has 2 heterocycles. The van der Waals surface area contributed by atoms with Gasteiger partial charge in [0.05, 0.1) is 6.10 Å². The monoisotopic (exact) mass is 254 g/mol. The second-order valence-corrected chi connectivity index (χ2v) is 4.49. The van der Waals surface area contributed by atoms with E-state index in [2.05, 4.69) is 10.3 Å². The van der Waals surface area contributed by atoms with Gasteiger partial charge in [0.1, 0.15) is 0 Å². The molecular weight excluding hydrogens is 236 g/mol. The highest BCUT2D eigenvalue weighted by Gasteiger charge is 2.20. The average molecular weight is 254 g/mol. The first-order chi connectivity index (χ1) is 8.68. The van der Waals surface area contributed by atoms with Crippen molar-refractivity contribution in [3.8, 4) is 0 Å². The van der Waals surface area contributed by atoms with Gasteiger partial charge in [-0.15, -0.1) is 0 Å². The van der Waals surface area contributed by atoms with Crippen LogP contribution < -0.4 is 5.32 Å². The highest BCUT2D eigenvalue weighted by Crippen LogP contribution is 2.21. The Bertz CT molecular complexity index is 412. The zero-order valence-electron chi connectivity index (χ0n) is 10.5. The lowest BCUT2D eigenvalue weighted by Crippen LogP contribution is -2.22. The highest BCUT2D eigenvalue weighted by atomic mass is 16.6. The standard InChI is InChI=1S/C11H18N4O3/c1-14-8-13-11(15(16)17)10(14)12-6-5-9-4-2-3-7-18-9/h8-9,12H,2-7H2,1H3. The van der Waals surface area contributed by atoms with E-state index in [0.29, 0.717) is 12.4 Å². The highest BCUT2D eigenvalue weighted by molar-refractivity contribution is 5.51. The molecule has 0 radical (unpaired) electrons. The Morgan fingerprint density at radius 2 is 2.50 bits per heavy atom. The molecule has 0 amide bonds. The van der Waals surface area contributed by atoms with Gasteiger partial charge < -0.3 is 20.2 Å². The molecule has 1 fully saturated rings. The Morgan fingerprint density at radius 1 is 1.67 bits per heavy atom. The third kappa shape index (κ3) is 2.98. The minimum Gasteiger partial charge on any atom is -0.378 e. The van der Waals surface area contributed by atoms with Gasteiger partial charge in [-0.25, -0.2) is 0 Å². The molecule has 1 atom stereocenters. The first-order valence-electron chi connectivity index (χ1n) is 6.19. The molecule has 1 aromatic rings. The molecule has 1 unspecified atom stereocenters. The van der Waals surface area contributed by atoms with Gasteiger partial charge in [0.25, 0.3) is 0 Å². The van der Waals surface area contributed by atoms with E-state index in [0.717, 1.165) is 25.9 Å². The molecule has 0 spiro atoms. The zero-order chi connectivity index (χ0) is 13.0. The van der Waals surface area contributed by atoms with E-state index in [9.17, 15) is 10.1 Å². The third-order valence-corrected chi connectivity index (χ3v) is 3.12. The molecule has 0 aliphatic carbocycles. The molecule has 1 aliphatic rings. The van der Waals surface area contributed by atoms with Crippen LogP contribution in [-0.4, -0.2) is 33.7 Å². The third-order valence-electron chi connectivity index (χ3n) is 3.12. The molecule has 7 nitrogen and oxygen atoms in total. The molecule has 18 heavy (non-hydrogen) atoms. The van der Waals surface area contributed by atoms with E-state index in [1.54, 1.807) is 11.6 Å². The van der Waals surface area contributed by atoms with E-state index in [-0.39, 0.29) is 11.9 Å². The number of nitro groups is 1.